The van der Waals surface area contributed by atoms with E-state index in [1.807, 2.05) is 4.90 Å². The maximum atomic E-state index is 13.0. The Morgan fingerprint density at radius 1 is 1.22 bits per heavy atom. The average Bonchev–Trinajstić information content (AvgIpc) is 3.26. The Morgan fingerprint density at radius 3 is 2.52 bits per heavy atom. The molecule has 2 aliphatic heterocycles. The van der Waals surface area contributed by atoms with Gasteiger partial charge in [-0.05, 0) is 62.9 Å². The molecule has 0 spiro atoms. The first-order chi connectivity index (χ1) is 11.9. The van der Waals surface area contributed by atoms with E-state index in [9.17, 15) is 18.0 Å². The highest BCUT2D eigenvalue weighted by molar-refractivity contribution is 5.94. The molecule has 2 aliphatic rings. The molecule has 1 aromatic carbocycles. The molecule has 27 heavy (non-hydrogen) atoms. The lowest BCUT2D eigenvalue weighted by Crippen LogP contribution is -2.22. The number of rotatable bonds is 5. The van der Waals surface area contributed by atoms with Crippen LogP contribution in [0.15, 0.2) is 18.2 Å². The van der Waals surface area contributed by atoms with Gasteiger partial charge in [0.05, 0.1) is 16.9 Å². The molecule has 1 aromatic rings. The molecule has 2 N–H and O–H groups in total. The number of benzene rings is 1. The minimum atomic E-state index is -4.42. The highest BCUT2D eigenvalue weighted by Gasteiger charge is 2.32. The lowest BCUT2D eigenvalue weighted by molar-refractivity contribution is -0.137. The van der Waals surface area contributed by atoms with Gasteiger partial charge < -0.3 is 15.5 Å². The Kier molecular flexibility index (Phi) is 9.18. The van der Waals surface area contributed by atoms with Crippen LogP contribution in [-0.4, -0.2) is 32.1 Å². The van der Waals surface area contributed by atoms with E-state index in [1.54, 1.807) is 0 Å². The van der Waals surface area contributed by atoms with E-state index in [-0.39, 0.29) is 36.4 Å². The van der Waals surface area contributed by atoms with E-state index < -0.39 is 11.7 Å². The Hall–Kier alpha value is -1.18. The zero-order chi connectivity index (χ0) is 17.9. The Labute approximate surface area is 170 Å². The minimum Gasteiger partial charge on any atom is -0.370 e. The molecule has 1 amide bonds. The summed E-state index contributed by atoms with van der Waals surface area (Å²) in [5.41, 5.74) is 0.221. The quantitative estimate of drug-likeness (QED) is 0.727. The third-order valence-corrected chi connectivity index (χ3v) is 4.99. The molecule has 154 valence electrons. The molecule has 2 heterocycles. The third kappa shape index (κ3) is 6.43. The molecule has 1 atom stereocenters. The fourth-order valence-corrected chi connectivity index (χ4v) is 3.56. The van der Waals surface area contributed by atoms with Crippen LogP contribution in [0.5, 0.6) is 0 Å². The number of nitrogens with zero attached hydrogens (tertiary/aromatic N) is 1. The highest BCUT2D eigenvalue weighted by Crippen LogP contribution is 2.36. The van der Waals surface area contributed by atoms with Gasteiger partial charge in [0.15, 0.2) is 0 Å². The first-order valence-corrected chi connectivity index (χ1v) is 8.90. The second kappa shape index (κ2) is 10.4. The van der Waals surface area contributed by atoms with Crippen molar-refractivity contribution in [1.82, 2.24) is 5.32 Å². The number of carbonyl (C=O) groups is 1. The number of carbonyl (C=O) groups excluding carboxylic acids is 1. The Balaban J connectivity index is 0.00000182. The number of alkyl halides is 3. The Morgan fingerprint density at radius 2 is 1.93 bits per heavy atom. The zero-order valence-corrected chi connectivity index (χ0v) is 16.6. The maximum absolute atomic E-state index is 13.0. The van der Waals surface area contributed by atoms with Gasteiger partial charge in [-0.25, -0.2) is 0 Å². The first-order valence-electron chi connectivity index (χ1n) is 8.90. The van der Waals surface area contributed by atoms with Gasteiger partial charge in [-0.15, -0.1) is 24.8 Å². The van der Waals surface area contributed by atoms with Crippen LogP contribution in [-0.2, 0) is 11.0 Å². The largest absolute Gasteiger partial charge is 0.416 e. The highest BCUT2D eigenvalue weighted by atomic mass is 35.5. The van der Waals surface area contributed by atoms with Crippen molar-refractivity contribution < 1.29 is 18.0 Å². The monoisotopic (exact) mass is 427 g/mol. The molecule has 0 aliphatic carbocycles. The lowest BCUT2D eigenvalue weighted by atomic mass is 10.0. The van der Waals surface area contributed by atoms with Crippen molar-refractivity contribution in [3.63, 3.8) is 0 Å². The molecule has 4 nitrogen and oxygen atoms in total. The van der Waals surface area contributed by atoms with Crippen LogP contribution in [0.1, 0.15) is 37.7 Å². The van der Waals surface area contributed by atoms with Crippen LogP contribution in [0, 0.1) is 5.92 Å². The number of hydrogen-bond donors (Lipinski definition) is 2. The lowest BCUT2D eigenvalue weighted by Gasteiger charge is -2.23. The summed E-state index contributed by atoms with van der Waals surface area (Å²) in [6.07, 6.45) is -0.237. The van der Waals surface area contributed by atoms with Crippen LogP contribution in [0.2, 0.25) is 0 Å². The van der Waals surface area contributed by atoms with E-state index >= 15 is 0 Å². The van der Waals surface area contributed by atoms with Crippen LogP contribution in [0.3, 0.4) is 0 Å². The van der Waals surface area contributed by atoms with Crippen molar-refractivity contribution in [2.45, 2.75) is 38.3 Å². The van der Waals surface area contributed by atoms with Gasteiger partial charge in [-0.1, -0.05) is 0 Å². The second-order valence-corrected chi connectivity index (χ2v) is 6.87. The number of nitrogens with one attached hydrogen (secondary N) is 2. The number of anilines is 2. The molecule has 0 bridgehead atoms. The molecule has 0 radical (unpaired) electrons. The average molecular weight is 428 g/mol. The van der Waals surface area contributed by atoms with Crippen molar-refractivity contribution in [2.75, 3.05) is 36.4 Å². The maximum Gasteiger partial charge on any atom is 0.416 e. The fraction of sp³-hybridized carbons (Fsp3) is 0.611. The number of hydrogen-bond acceptors (Lipinski definition) is 3. The van der Waals surface area contributed by atoms with Crippen molar-refractivity contribution in [2.24, 2.45) is 5.92 Å². The van der Waals surface area contributed by atoms with Crippen LogP contribution in [0.25, 0.3) is 0 Å². The standard InChI is InChI=1S/C18H24F3N3O.2ClH/c19-18(20,21)14-4-5-16(24-9-1-2-10-24)15(11-14)23-17(25)6-3-13-7-8-22-12-13;;/h4-5,11,13,22H,1-3,6-10,12H2,(H,23,25);2*1H. The van der Waals surface area contributed by atoms with Crippen molar-refractivity contribution in [3.8, 4) is 0 Å². The Bertz CT molecular complexity index is 616. The van der Waals surface area contributed by atoms with Crippen molar-refractivity contribution in [3.05, 3.63) is 23.8 Å². The molecule has 9 heteroatoms. The predicted octanol–water partition coefficient (Wildman–Crippen LogP) is 4.48. The summed E-state index contributed by atoms with van der Waals surface area (Å²) < 4.78 is 39.1. The summed E-state index contributed by atoms with van der Waals surface area (Å²) in [6, 6.07) is 3.63. The van der Waals surface area contributed by atoms with Crippen molar-refractivity contribution in [1.29, 1.82) is 0 Å². The molecular formula is C18H26Cl2F3N3O. The second-order valence-electron chi connectivity index (χ2n) is 6.87. The topological polar surface area (TPSA) is 44.4 Å². The first kappa shape index (κ1) is 23.9. The third-order valence-electron chi connectivity index (χ3n) is 4.99. The van der Waals surface area contributed by atoms with Crippen LogP contribution in [0.4, 0.5) is 24.5 Å². The SMILES string of the molecule is Cl.Cl.O=C(CCC1CCNC1)Nc1cc(C(F)(F)F)ccc1N1CCCC1. The van der Waals surface area contributed by atoms with Gasteiger partial charge in [0, 0.05) is 19.5 Å². The fourth-order valence-electron chi connectivity index (χ4n) is 3.56. The summed E-state index contributed by atoms with van der Waals surface area (Å²) >= 11 is 0. The molecule has 3 rings (SSSR count). The summed E-state index contributed by atoms with van der Waals surface area (Å²) in [4.78, 5) is 14.3. The molecule has 0 aromatic heterocycles. The summed E-state index contributed by atoms with van der Waals surface area (Å²) in [5, 5.41) is 5.98. The summed E-state index contributed by atoms with van der Waals surface area (Å²) in [6.45, 7) is 3.50. The van der Waals surface area contributed by atoms with E-state index in [1.165, 1.54) is 6.07 Å². The summed E-state index contributed by atoms with van der Waals surface area (Å²) in [5.74, 6) is 0.261. The number of halogens is 5. The van der Waals surface area contributed by atoms with E-state index in [0.717, 1.165) is 64.0 Å². The van der Waals surface area contributed by atoms with Gasteiger partial charge in [-0.2, -0.15) is 13.2 Å². The molecule has 2 saturated heterocycles. The number of amides is 1. The minimum absolute atomic E-state index is 0. The normalized spacial score (nSPS) is 19.4. The van der Waals surface area contributed by atoms with E-state index in [2.05, 4.69) is 10.6 Å². The molecular weight excluding hydrogens is 402 g/mol. The predicted molar refractivity (Wildman–Crippen MR) is 106 cm³/mol. The van der Waals surface area contributed by atoms with Crippen molar-refractivity contribution >= 4 is 42.1 Å². The zero-order valence-electron chi connectivity index (χ0n) is 15.0. The van der Waals surface area contributed by atoms with Gasteiger partial charge in [0.25, 0.3) is 0 Å². The van der Waals surface area contributed by atoms with Gasteiger partial charge >= 0.3 is 6.18 Å². The van der Waals surface area contributed by atoms with E-state index in [4.69, 9.17) is 0 Å². The molecule has 0 saturated carbocycles. The van der Waals surface area contributed by atoms with Crippen LogP contribution < -0.4 is 15.5 Å². The van der Waals surface area contributed by atoms with Gasteiger partial charge in [0.1, 0.15) is 0 Å². The van der Waals surface area contributed by atoms with Gasteiger partial charge in [0.2, 0.25) is 5.91 Å². The van der Waals surface area contributed by atoms with E-state index in [0.29, 0.717) is 18.0 Å². The van der Waals surface area contributed by atoms with Crippen LogP contribution >= 0.6 is 24.8 Å². The van der Waals surface area contributed by atoms with Gasteiger partial charge in [-0.3, -0.25) is 4.79 Å². The molecule has 2 fully saturated rings. The summed E-state index contributed by atoms with van der Waals surface area (Å²) in [7, 11) is 0. The molecule has 1 unspecified atom stereocenters. The smallest absolute Gasteiger partial charge is 0.370 e.